The number of carbonyl (C=O) groups is 1. The van der Waals surface area contributed by atoms with E-state index in [4.69, 9.17) is 0 Å². The number of nitrogens with one attached hydrogen (secondary N) is 2. The van der Waals surface area contributed by atoms with Gasteiger partial charge < -0.3 is 10.6 Å². The van der Waals surface area contributed by atoms with Gasteiger partial charge >= 0.3 is 0 Å². The van der Waals surface area contributed by atoms with E-state index >= 15 is 0 Å². The largest absolute Gasteiger partial charge is 0.384 e. The highest BCUT2D eigenvalue weighted by Crippen LogP contribution is 2.13. The lowest BCUT2D eigenvalue weighted by Crippen LogP contribution is -2.13. The van der Waals surface area contributed by atoms with Crippen molar-refractivity contribution in [2.75, 3.05) is 17.2 Å². The highest BCUT2D eigenvalue weighted by molar-refractivity contribution is 6.04. The van der Waals surface area contributed by atoms with E-state index in [9.17, 15) is 9.18 Å². The molecular weight excluding hydrogens is 269 g/mol. The van der Waals surface area contributed by atoms with Crippen LogP contribution in [-0.2, 0) is 0 Å². The quantitative estimate of drug-likeness (QED) is 0.797. The molecule has 0 bridgehead atoms. The van der Waals surface area contributed by atoms with Gasteiger partial charge in [0.2, 0.25) is 0 Å². The van der Waals surface area contributed by atoms with Crippen LogP contribution in [-0.4, -0.2) is 17.4 Å². The zero-order chi connectivity index (χ0) is 15.1. The predicted octanol–water partition coefficient (Wildman–Crippen LogP) is 3.69. The lowest BCUT2D eigenvalue weighted by atomic mass is 10.2. The number of hydrogen-bond acceptors (Lipinski definition) is 3. The van der Waals surface area contributed by atoms with Gasteiger partial charge in [0.25, 0.3) is 5.91 Å². The fraction of sp³-hybridized carbons (Fsp3) is 0.250. The van der Waals surface area contributed by atoms with Gasteiger partial charge in [-0.05, 0) is 36.8 Å². The molecule has 4 nitrogen and oxygen atoms in total. The lowest BCUT2D eigenvalue weighted by molar-refractivity contribution is 0.102. The zero-order valence-corrected chi connectivity index (χ0v) is 11.9. The standard InChI is InChI=1S/C16H18FN3O/c1-2-3-8-19-15-9-12(10-18-11-15)16(21)20-14-6-4-13(17)5-7-14/h4-7,9-11,19H,2-3,8H2,1H3,(H,20,21). The van der Waals surface area contributed by atoms with Crippen LogP contribution in [0.3, 0.4) is 0 Å². The van der Waals surface area contributed by atoms with Gasteiger partial charge in [-0.25, -0.2) is 4.39 Å². The Hall–Kier alpha value is -2.43. The number of anilines is 2. The Bertz CT molecular complexity index is 599. The number of hydrogen-bond donors (Lipinski definition) is 2. The summed E-state index contributed by atoms with van der Waals surface area (Å²) in [5.41, 5.74) is 1.82. The third-order valence-electron chi connectivity index (χ3n) is 2.96. The number of rotatable bonds is 6. The van der Waals surface area contributed by atoms with Crippen LogP contribution in [0.2, 0.25) is 0 Å². The minimum absolute atomic E-state index is 0.270. The molecular formula is C16H18FN3O. The Kier molecular flexibility index (Phi) is 5.26. The van der Waals surface area contributed by atoms with Gasteiger partial charge in [-0.15, -0.1) is 0 Å². The van der Waals surface area contributed by atoms with E-state index in [-0.39, 0.29) is 11.7 Å². The Labute approximate surface area is 123 Å². The van der Waals surface area contributed by atoms with Gasteiger partial charge in [0.05, 0.1) is 11.3 Å². The van der Waals surface area contributed by atoms with E-state index in [1.807, 2.05) is 0 Å². The van der Waals surface area contributed by atoms with Crippen LogP contribution in [0.4, 0.5) is 15.8 Å². The van der Waals surface area contributed by atoms with Crippen molar-refractivity contribution in [3.63, 3.8) is 0 Å². The highest BCUT2D eigenvalue weighted by atomic mass is 19.1. The molecule has 0 radical (unpaired) electrons. The molecule has 0 aliphatic carbocycles. The molecule has 0 atom stereocenters. The van der Waals surface area contributed by atoms with Crippen molar-refractivity contribution >= 4 is 17.3 Å². The molecule has 2 rings (SSSR count). The molecule has 0 unspecified atom stereocenters. The van der Waals surface area contributed by atoms with Crippen molar-refractivity contribution in [3.05, 3.63) is 54.1 Å². The first-order valence-corrected chi connectivity index (χ1v) is 6.95. The number of amides is 1. The van der Waals surface area contributed by atoms with Gasteiger partial charge in [-0.2, -0.15) is 0 Å². The van der Waals surface area contributed by atoms with E-state index in [0.717, 1.165) is 25.1 Å². The van der Waals surface area contributed by atoms with Crippen molar-refractivity contribution in [3.8, 4) is 0 Å². The average molecular weight is 287 g/mol. The van der Waals surface area contributed by atoms with Gasteiger partial charge in [0, 0.05) is 24.6 Å². The zero-order valence-electron chi connectivity index (χ0n) is 11.9. The number of halogens is 1. The minimum atomic E-state index is -0.336. The first-order valence-electron chi connectivity index (χ1n) is 6.95. The monoisotopic (exact) mass is 287 g/mol. The van der Waals surface area contributed by atoms with E-state index in [1.54, 1.807) is 12.3 Å². The summed E-state index contributed by atoms with van der Waals surface area (Å²) in [7, 11) is 0. The van der Waals surface area contributed by atoms with Crippen molar-refractivity contribution in [2.24, 2.45) is 0 Å². The van der Waals surface area contributed by atoms with Crippen LogP contribution < -0.4 is 10.6 Å². The minimum Gasteiger partial charge on any atom is -0.384 e. The van der Waals surface area contributed by atoms with Crippen molar-refractivity contribution in [1.82, 2.24) is 4.98 Å². The third kappa shape index (κ3) is 4.56. The summed E-state index contributed by atoms with van der Waals surface area (Å²) in [6, 6.07) is 7.39. The fourth-order valence-corrected chi connectivity index (χ4v) is 1.81. The van der Waals surface area contributed by atoms with Crippen LogP contribution in [0, 0.1) is 5.82 Å². The molecule has 0 saturated carbocycles. The molecule has 21 heavy (non-hydrogen) atoms. The second kappa shape index (κ2) is 7.38. The Morgan fingerprint density at radius 1 is 1.19 bits per heavy atom. The van der Waals surface area contributed by atoms with Crippen LogP contribution in [0.1, 0.15) is 30.1 Å². The predicted molar refractivity (Wildman–Crippen MR) is 82.0 cm³/mol. The summed E-state index contributed by atoms with van der Waals surface area (Å²) in [5, 5.41) is 5.93. The number of unbranched alkanes of at least 4 members (excludes halogenated alkanes) is 1. The van der Waals surface area contributed by atoms with Crippen LogP contribution >= 0.6 is 0 Å². The number of nitrogens with zero attached hydrogens (tertiary/aromatic N) is 1. The number of aromatic nitrogens is 1. The first-order chi connectivity index (χ1) is 10.2. The van der Waals surface area contributed by atoms with Crippen molar-refractivity contribution < 1.29 is 9.18 Å². The smallest absolute Gasteiger partial charge is 0.257 e. The maximum atomic E-state index is 12.8. The topological polar surface area (TPSA) is 54.0 Å². The summed E-state index contributed by atoms with van der Waals surface area (Å²) in [6.07, 6.45) is 5.35. The molecule has 0 fully saturated rings. The molecule has 110 valence electrons. The summed E-state index contributed by atoms with van der Waals surface area (Å²) < 4.78 is 12.8. The SMILES string of the molecule is CCCCNc1cncc(C(=O)Nc2ccc(F)cc2)c1. The molecule has 1 heterocycles. The average Bonchev–Trinajstić information content (AvgIpc) is 2.50. The van der Waals surface area contributed by atoms with Gasteiger partial charge in [0.15, 0.2) is 0 Å². The number of carbonyl (C=O) groups excluding carboxylic acids is 1. The van der Waals surface area contributed by atoms with Gasteiger partial charge in [-0.3, -0.25) is 9.78 Å². The molecule has 2 N–H and O–H groups in total. The Morgan fingerprint density at radius 3 is 2.67 bits per heavy atom. The summed E-state index contributed by atoms with van der Waals surface area (Å²) >= 11 is 0. The maximum absolute atomic E-state index is 12.8. The number of benzene rings is 1. The van der Waals surface area contributed by atoms with Gasteiger partial charge in [0.1, 0.15) is 5.82 Å². The summed E-state index contributed by atoms with van der Waals surface area (Å²) in [5.74, 6) is -0.606. The Morgan fingerprint density at radius 2 is 1.95 bits per heavy atom. The second-order valence-electron chi connectivity index (χ2n) is 4.70. The van der Waals surface area contributed by atoms with Crippen molar-refractivity contribution in [2.45, 2.75) is 19.8 Å². The summed E-state index contributed by atoms with van der Waals surface area (Å²) in [4.78, 5) is 16.2. The molecule has 0 saturated heterocycles. The fourth-order valence-electron chi connectivity index (χ4n) is 1.81. The van der Waals surface area contributed by atoms with E-state index in [1.165, 1.54) is 30.5 Å². The third-order valence-corrected chi connectivity index (χ3v) is 2.96. The molecule has 1 amide bonds. The van der Waals surface area contributed by atoms with E-state index < -0.39 is 0 Å². The Balaban J connectivity index is 2.01. The normalized spacial score (nSPS) is 10.2. The van der Waals surface area contributed by atoms with Gasteiger partial charge in [-0.1, -0.05) is 13.3 Å². The molecule has 0 spiro atoms. The molecule has 1 aromatic carbocycles. The highest BCUT2D eigenvalue weighted by Gasteiger charge is 2.07. The second-order valence-corrected chi connectivity index (χ2v) is 4.70. The van der Waals surface area contributed by atoms with E-state index in [2.05, 4.69) is 22.5 Å². The molecule has 0 aliphatic heterocycles. The molecule has 2 aromatic rings. The number of pyridine rings is 1. The maximum Gasteiger partial charge on any atom is 0.257 e. The van der Waals surface area contributed by atoms with E-state index in [0.29, 0.717) is 11.3 Å². The van der Waals surface area contributed by atoms with Crippen molar-refractivity contribution in [1.29, 1.82) is 0 Å². The van der Waals surface area contributed by atoms with Crippen LogP contribution in [0.25, 0.3) is 0 Å². The lowest BCUT2D eigenvalue weighted by Gasteiger charge is -2.08. The van der Waals surface area contributed by atoms with Crippen LogP contribution in [0.15, 0.2) is 42.7 Å². The molecule has 5 heteroatoms. The summed E-state index contributed by atoms with van der Waals surface area (Å²) in [6.45, 7) is 2.97. The molecule has 1 aromatic heterocycles. The first kappa shape index (κ1) is 15.0. The molecule has 0 aliphatic rings. The van der Waals surface area contributed by atoms with Crippen LogP contribution in [0.5, 0.6) is 0 Å².